The molecule has 0 N–H and O–H groups in total. The molecule has 246 valence electrons. The van der Waals surface area contributed by atoms with Crippen LogP contribution in [0.3, 0.4) is 0 Å². The van der Waals surface area contributed by atoms with E-state index in [1.54, 1.807) is 0 Å². The lowest BCUT2D eigenvalue weighted by Gasteiger charge is -2.41. The maximum absolute atomic E-state index is 16.1. The first-order valence-corrected chi connectivity index (χ1v) is 12.5. The van der Waals surface area contributed by atoms with Crippen molar-refractivity contribution < 1.29 is 65.9 Å². The summed E-state index contributed by atoms with van der Waals surface area (Å²) < 4.78 is 235. The van der Waals surface area contributed by atoms with Gasteiger partial charge in [0.1, 0.15) is 11.7 Å². The van der Waals surface area contributed by atoms with E-state index >= 15 is 65.9 Å². The Labute approximate surface area is 254 Å². The molecule has 15 heteroatoms. The van der Waals surface area contributed by atoms with Gasteiger partial charge in [0.2, 0.25) is 0 Å². The third kappa shape index (κ3) is 4.42. The summed E-state index contributed by atoms with van der Waals surface area (Å²) in [7, 11) is 0. The van der Waals surface area contributed by atoms with Gasteiger partial charge < -0.3 is 0 Å². The van der Waals surface area contributed by atoms with Gasteiger partial charge >= 0.3 is 0 Å². The van der Waals surface area contributed by atoms with Gasteiger partial charge in [-0.25, -0.2) is 65.9 Å². The first-order valence-electron chi connectivity index (χ1n) is 12.5. The van der Waals surface area contributed by atoms with Gasteiger partial charge in [-0.05, 0) is 0 Å². The van der Waals surface area contributed by atoms with Crippen LogP contribution in [0.2, 0.25) is 0 Å². The van der Waals surface area contributed by atoms with Gasteiger partial charge in [-0.3, -0.25) is 0 Å². The Balaban J connectivity index is 2.63. The van der Waals surface area contributed by atoms with Crippen molar-refractivity contribution in [2.45, 2.75) is 5.41 Å². The van der Waals surface area contributed by atoms with Gasteiger partial charge in [-0.1, -0.05) is 50.6 Å². The minimum Gasteiger partial charge on any atom is -0.210 e. The highest BCUT2D eigenvalue weighted by Gasteiger charge is 2.62. The summed E-state index contributed by atoms with van der Waals surface area (Å²) in [6.07, 6.45) is 0.320. The average molecular weight is 682 g/mol. The van der Waals surface area contributed by atoms with Crippen molar-refractivity contribution in [1.82, 2.24) is 0 Å². The van der Waals surface area contributed by atoms with Crippen molar-refractivity contribution in [3.8, 4) is 0 Å². The van der Waals surface area contributed by atoms with Gasteiger partial charge in [0.05, 0.1) is 28.0 Å². The van der Waals surface area contributed by atoms with Crippen LogP contribution in [0.1, 0.15) is 33.4 Å². The maximum Gasteiger partial charge on any atom is 0.169 e. The zero-order valence-electron chi connectivity index (χ0n) is 22.9. The predicted octanol–water partition coefficient (Wildman–Crippen LogP) is 10.8. The van der Waals surface area contributed by atoms with Crippen LogP contribution in [-0.4, -0.2) is 0 Å². The zero-order chi connectivity index (χ0) is 35.6. The molecule has 0 heterocycles. The monoisotopic (exact) mass is 682 g/mol. The fraction of sp³-hybridized carbons (Fsp3) is 0.0625. The molecule has 1 atom stereocenters. The molecular weight excluding hydrogens is 669 g/mol. The maximum atomic E-state index is 16.1. The molecule has 1 aliphatic carbocycles. The number of benzene rings is 3. The molecule has 0 saturated carbocycles. The summed E-state index contributed by atoms with van der Waals surface area (Å²) in [5, 5.41) is 0. The van der Waals surface area contributed by atoms with Crippen LogP contribution >= 0.6 is 0 Å². The topological polar surface area (TPSA) is 0 Å². The number of allylic oxidation sites excluding steroid dienone is 5. The van der Waals surface area contributed by atoms with Crippen LogP contribution in [0.4, 0.5) is 65.9 Å². The van der Waals surface area contributed by atoms with Gasteiger partial charge in [-0.15, -0.1) is 0 Å². The number of hydrogen-bond acceptors (Lipinski definition) is 0. The standard InChI is InChI=1S/C32H13F15/c1-5-9-17(33)13(25(41)18(9)34)32(14-26(42)19(35)10(6-2)20(36)27(14)43,15-28(44)21(37)11(7-3)22(38)29(15)45)16-30(46)23(39)12(8-4)24(40)31(16)47/h5-8,13H,1-4H2. The molecule has 0 spiro atoms. The highest BCUT2D eigenvalue weighted by atomic mass is 19.2. The number of hydrogen-bond donors (Lipinski definition) is 0. The number of rotatable bonds is 8. The second-order valence-electron chi connectivity index (χ2n) is 9.61. The van der Waals surface area contributed by atoms with Gasteiger partial charge in [0.15, 0.2) is 75.6 Å². The van der Waals surface area contributed by atoms with E-state index in [9.17, 15) is 0 Å². The Kier molecular flexibility index (Phi) is 8.92. The summed E-state index contributed by atoms with van der Waals surface area (Å²) in [6, 6.07) is 0. The molecule has 1 aliphatic rings. The first kappa shape index (κ1) is 34.9. The van der Waals surface area contributed by atoms with Crippen molar-refractivity contribution in [2.24, 2.45) is 5.92 Å². The second kappa shape index (κ2) is 12.0. The minimum absolute atomic E-state index is 0.0765. The van der Waals surface area contributed by atoms with Crippen LogP contribution < -0.4 is 0 Å². The highest BCUT2D eigenvalue weighted by molar-refractivity contribution is 5.66. The molecule has 0 saturated heterocycles. The lowest BCUT2D eigenvalue weighted by molar-refractivity contribution is 0.281. The summed E-state index contributed by atoms with van der Waals surface area (Å²) >= 11 is 0. The van der Waals surface area contributed by atoms with E-state index in [2.05, 4.69) is 26.3 Å². The lowest BCUT2D eigenvalue weighted by Crippen LogP contribution is -2.45. The fourth-order valence-electron chi connectivity index (χ4n) is 5.52. The van der Waals surface area contributed by atoms with E-state index in [-0.39, 0.29) is 24.3 Å². The molecule has 3 aromatic rings. The molecule has 0 aromatic heterocycles. The molecule has 0 radical (unpaired) electrons. The van der Waals surface area contributed by atoms with E-state index in [0.29, 0.717) is 0 Å². The molecular formula is C32H13F15. The summed E-state index contributed by atoms with van der Waals surface area (Å²) in [5.41, 5.74) is -21.1. The van der Waals surface area contributed by atoms with Crippen molar-refractivity contribution in [3.63, 3.8) is 0 Å². The molecule has 0 aliphatic heterocycles. The van der Waals surface area contributed by atoms with Crippen molar-refractivity contribution in [2.75, 3.05) is 0 Å². The molecule has 0 nitrogen and oxygen atoms in total. The highest BCUT2D eigenvalue weighted by Crippen LogP contribution is 2.60. The lowest BCUT2D eigenvalue weighted by atomic mass is 9.59. The zero-order valence-corrected chi connectivity index (χ0v) is 22.9. The molecule has 0 amide bonds. The molecule has 1 unspecified atom stereocenters. The van der Waals surface area contributed by atoms with E-state index in [0.717, 1.165) is 0 Å². The fourth-order valence-corrected chi connectivity index (χ4v) is 5.52. The molecule has 3 aromatic carbocycles. The predicted molar refractivity (Wildman–Crippen MR) is 140 cm³/mol. The van der Waals surface area contributed by atoms with E-state index < -0.39 is 138 Å². The normalized spacial score (nSPS) is 15.1. The van der Waals surface area contributed by atoms with Gasteiger partial charge in [0.25, 0.3) is 0 Å². The molecule has 0 bridgehead atoms. The van der Waals surface area contributed by atoms with E-state index in [1.165, 1.54) is 0 Å². The Bertz CT molecular complexity index is 1750. The van der Waals surface area contributed by atoms with E-state index in [1.807, 2.05) is 0 Å². The largest absolute Gasteiger partial charge is 0.210 e. The third-order valence-electron chi connectivity index (χ3n) is 7.53. The SMILES string of the molecule is C=CC1=C(F)C(C(c2c(F)c(F)c(C=C)c(F)c2F)(c2c(F)c(F)c(C=C)c(F)c2F)c2c(F)c(F)c(C=C)c(F)c2F)C(F)=C1F. The minimum atomic E-state index is -5.23. The smallest absolute Gasteiger partial charge is 0.169 e. The molecule has 47 heavy (non-hydrogen) atoms. The quantitative estimate of drug-likeness (QED) is 0.126. The third-order valence-corrected chi connectivity index (χ3v) is 7.53. The van der Waals surface area contributed by atoms with Crippen LogP contribution in [0.5, 0.6) is 0 Å². The van der Waals surface area contributed by atoms with E-state index in [4.69, 9.17) is 0 Å². The Morgan fingerprint density at radius 1 is 0.362 bits per heavy atom. The summed E-state index contributed by atoms with van der Waals surface area (Å²) in [4.78, 5) is 0. The molecule has 4 rings (SSSR count). The second-order valence-corrected chi connectivity index (χ2v) is 9.61. The Hall–Kier alpha value is -4.95. The van der Waals surface area contributed by atoms with Gasteiger partial charge in [-0.2, -0.15) is 0 Å². The van der Waals surface area contributed by atoms with Crippen molar-refractivity contribution in [1.29, 1.82) is 0 Å². The summed E-state index contributed by atoms with van der Waals surface area (Å²) in [5.74, 6) is -46.4. The van der Waals surface area contributed by atoms with Crippen molar-refractivity contribution >= 4 is 18.2 Å². The Morgan fingerprint density at radius 2 is 0.617 bits per heavy atom. The number of halogens is 15. The summed E-state index contributed by atoms with van der Waals surface area (Å²) in [6.45, 7) is 11.4. The van der Waals surface area contributed by atoms with Crippen LogP contribution in [0, 0.1) is 75.7 Å². The van der Waals surface area contributed by atoms with Gasteiger partial charge in [0, 0.05) is 22.3 Å². The van der Waals surface area contributed by atoms with Crippen LogP contribution in [0.15, 0.2) is 55.4 Å². The van der Waals surface area contributed by atoms with Crippen LogP contribution in [0.25, 0.3) is 18.2 Å². The Morgan fingerprint density at radius 3 is 0.809 bits per heavy atom. The first-order chi connectivity index (χ1) is 21.9. The van der Waals surface area contributed by atoms with Crippen LogP contribution in [-0.2, 0) is 5.41 Å². The van der Waals surface area contributed by atoms with Crippen molar-refractivity contribution in [3.05, 3.63) is 159 Å². The molecule has 0 fully saturated rings. The average Bonchev–Trinajstić information content (AvgIpc) is 3.25.